The summed E-state index contributed by atoms with van der Waals surface area (Å²) in [6, 6.07) is 26.6. The summed E-state index contributed by atoms with van der Waals surface area (Å²) < 4.78 is 2.37. The van der Waals surface area contributed by atoms with E-state index in [4.69, 9.17) is 0 Å². The van der Waals surface area contributed by atoms with Crippen LogP contribution in [-0.4, -0.2) is 36.3 Å². The lowest BCUT2D eigenvalue weighted by Gasteiger charge is -2.27. The topological polar surface area (TPSA) is 35.4 Å². The highest BCUT2D eigenvalue weighted by Crippen LogP contribution is 2.51. The van der Waals surface area contributed by atoms with E-state index in [9.17, 15) is 4.79 Å². The van der Waals surface area contributed by atoms with Crippen LogP contribution in [0, 0.1) is 0 Å². The molecule has 4 heteroatoms. The molecular weight excluding hydrogens is 538 g/mol. The second-order valence-corrected chi connectivity index (χ2v) is 13.4. The van der Waals surface area contributed by atoms with Crippen molar-refractivity contribution in [1.29, 1.82) is 0 Å². The lowest BCUT2D eigenvalue weighted by molar-refractivity contribution is -0.401. The molecule has 0 aromatic heterocycles. The third-order valence-electron chi connectivity index (χ3n) is 9.82. The summed E-state index contributed by atoms with van der Waals surface area (Å²) in [5.74, 6) is 0.157. The molecule has 0 bridgehead atoms. The van der Waals surface area contributed by atoms with Gasteiger partial charge in [-0.3, -0.25) is 4.79 Å². The zero-order valence-electron chi connectivity index (χ0n) is 27.2. The van der Waals surface area contributed by atoms with E-state index in [0.29, 0.717) is 13.0 Å². The fourth-order valence-corrected chi connectivity index (χ4v) is 7.72. The van der Waals surface area contributed by atoms with Gasteiger partial charge in [0.1, 0.15) is 7.05 Å². The third-order valence-corrected chi connectivity index (χ3v) is 9.82. The highest BCUT2D eigenvalue weighted by molar-refractivity contribution is 6.07. The first-order valence-electron chi connectivity index (χ1n) is 16.2. The average molecular weight is 585 g/mol. The zero-order chi connectivity index (χ0) is 31.1. The van der Waals surface area contributed by atoms with E-state index >= 15 is 0 Å². The maximum Gasteiger partial charge on any atom is 0.219 e. The number of nitrogens with zero attached hydrogens (tertiary/aromatic N) is 2. The van der Waals surface area contributed by atoms with Gasteiger partial charge in [-0.05, 0) is 78.9 Å². The fourth-order valence-electron chi connectivity index (χ4n) is 7.72. The molecule has 0 saturated heterocycles. The number of fused-ring (bicyclic) bond motifs is 6. The second-order valence-electron chi connectivity index (χ2n) is 13.4. The number of carbonyl (C=O) groups is 1. The summed E-state index contributed by atoms with van der Waals surface area (Å²) >= 11 is 0. The molecule has 2 heterocycles. The number of rotatable bonds is 9. The van der Waals surface area contributed by atoms with Crippen LogP contribution in [0.5, 0.6) is 0 Å². The Morgan fingerprint density at radius 2 is 1.48 bits per heavy atom. The van der Waals surface area contributed by atoms with Crippen LogP contribution in [0.3, 0.4) is 0 Å². The van der Waals surface area contributed by atoms with Gasteiger partial charge in [0.05, 0.1) is 5.41 Å². The van der Waals surface area contributed by atoms with Gasteiger partial charge in [-0.15, -0.1) is 0 Å². The second kappa shape index (κ2) is 11.7. The minimum atomic E-state index is -0.150. The maximum atomic E-state index is 12.0. The lowest BCUT2D eigenvalue weighted by Crippen LogP contribution is -2.28. The summed E-state index contributed by atoms with van der Waals surface area (Å²) in [6.45, 7) is 13.0. The van der Waals surface area contributed by atoms with Crippen LogP contribution >= 0.6 is 0 Å². The molecule has 0 atom stereocenters. The molecule has 0 fully saturated rings. The molecule has 4 aromatic carbocycles. The summed E-state index contributed by atoms with van der Waals surface area (Å²) in [5.41, 5.74) is 7.76. The quantitative estimate of drug-likeness (QED) is 0.157. The van der Waals surface area contributed by atoms with Crippen molar-refractivity contribution in [2.45, 2.75) is 71.1 Å². The molecule has 4 nitrogen and oxygen atoms in total. The average Bonchev–Trinajstić information content (AvgIpc) is 3.35. The predicted octanol–water partition coefficient (Wildman–Crippen LogP) is 8.93. The van der Waals surface area contributed by atoms with Crippen LogP contribution in [0.15, 0.2) is 96.7 Å². The number of carbonyl (C=O) groups excluding carboxylic acids is 1. The monoisotopic (exact) mass is 584 g/mol. The van der Waals surface area contributed by atoms with Gasteiger partial charge >= 0.3 is 0 Å². The molecule has 44 heavy (non-hydrogen) atoms. The Kier molecular flexibility index (Phi) is 7.96. The van der Waals surface area contributed by atoms with Gasteiger partial charge in [-0.1, -0.05) is 80.9 Å². The number of unbranched alkanes of at least 4 members (excludes halogenated alkanes) is 2. The first-order valence-corrected chi connectivity index (χ1v) is 16.2. The number of anilines is 1. The summed E-state index contributed by atoms with van der Waals surface area (Å²) in [5, 5.41) is 8.16. The zero-order valence-corrected chi connectivity index (χ0v) is 27.2. The Bertz CT molecular complexity index is 1840. The van der Waals surface area contributed by atoms with Crippen LogP contribution in [0.2, 0.25) is 0 Å². The number of nitrogens with one attached hydrogen (secondary N) is 1. The Hall–Kier alpha value is -4.18. The largest absolute Gasteiger partial charge is 0.356 e. The van der Waals surface area contributed by atoms with Gasteiger partial charge in [-0.25, -0.2) is 0 Å². The minimum absolute atomic E-state index is 0.117. The van der Waals surface area contributed by atoms with Crippen LogP contribution in [0.25, 0.3) is 21.5 Å². The summed E-state index contributed by atoms with van der Waals surface area (Å²) in [4.78, 5) is 14.5. The molecule has 0 unspecified atom stereocenters. The van der Waals surface area contributed by atoms with E-state index in [0.717, 1.165) is 25.8 Å². The van der Waals surface area contributed by atoms with E-state index in [-0.39, 0.29) is 16.7 Å². The fraction of sp³-hybridized carbons (Fsp3) is 0.350. The number of allylic oxidation sites excluding steroid dienone is 4. The van der Waals surface area contributed by atoms with Crippen molar-refractivity contribution in [3.05, 3.63) is 108 Å². The molecule has 0 aliphatic carbocycles. The molecular formula is C40H46N3O+. The van der Waals surface area contributed by atoms with Crippen molar-refractivity contribution in [2.75, 3.05) is 25.0 Å². The molecule has 1 N–H and O–H groups in total. The van der Waals surface area contributed by atoms with Crippen molar-refractivity contribution in [1.82, 2.24) is 5.32 Å². The molecule has 0 saturated carbocycles. The number of hydrogen-bond acceptors (Lipinski definition) is 2. The highest BCUT2D eigenvalue weighted by atomic mass is 16.1. The Balaban J connectivity index is 1.33. The van der Waals surface area contributed by atoms with Gasteiger partial charge in [0.2, 0.25) is 11.6 Å². The van der Waals surface area contributed by atoms with E-state index < -0.39 is 0 Å². The van der Waals surface area contributed by atoms with Crippen LogP contribution in [0.1, 0.15) is 71.4 Å². The van der Waals surface area contributed by atoms with Crippen molar-refractivity contribution in [3.63, 3.8) is 0 Å². The summed E-state index contributed by atoms with van der Waals surface area (Å²) in [6.07, 6.45) is 10.5. The third kappa shape index (κ3) is 5.04. The SMILES string of the molecule is CCNC(=O)CCCCCN1/C(=C/C=C/C2=[N+](C)c3ccc4ccccc4c3C2(C)C)C(C)(C)c2c1ccc1ccccc21. The van der Waals surface area contributed by atoms with Crippen molar-refractivity contribution in [2.24, 2.45) is 0 Å². The Labute approximate surface area is 262 Å². The Morgan fingerprint density at radius 1 is 0.818 bits per heavy atom. The van der Waals surface area contributed by atoms with Crippen LogP contribution < -0.4 is 10.2 Å². The van der Waals surface area contributed by atoms with Gasteiger partial charge in [-0.2, -0.15) is 4.58 Å². The minimum Gasteiger partial charge on any atom is -0.356 e. The Morgan fingerprint density at radius 3 is 2.18 bits per heavy atom. The highest BCUT2D eigenvalue weighted by Gasteiger charge is 2.44. The first kappa shape index (κ1) is 29.9. The van der Waals surface area contributed by atoms with Gasteiger partial charge in [0.25, 0.3) is 0 Å². The van der Waals surface area contributed by atoms with E-state index in [2.05, 4.69) is 141 Å². The van der Waals surface area contributed by atoms with E-state index in [1.54, 1.807) is 0 Å². The standard InChI is InChI=1S/C40H45N3O/c1-7-41-36(44)22-9-8-14-27-43-33-26-24-29-17-11-13-19-31(29)38(33)40(4,5)35(43)21-15-20-34-39(2,3)37-30-18-12-10-16-28(30)23-25-32(37)42(34)6/h10-13,15-21,23-26H,7-9,14,22,27H2,1-6H3/p+1. The van der Waals surface area contributed by atoms with Crippen LogP contribution in [0.4, 0.5) is 11.4 Å². The van der Waals surface area contributed by atoms with Gasteiger partial charge in [0, 0.05) is 54.0 Å². The summed E-state index contributed by atoms with van der Waals surface area (Å²) in [7, 11) is 2.20. The lowest BCUT2D eigenvalue weighted by atomic mass is 9.79. The molecule has 2 aliphatic heterocycles. The number of hydrogen-bond donors (Lipinski definition) is 1. The maximum absolute atomic E-state index is 12.0. The van der Waals surface area contributed by atoms with E-state index in [1.165, 1.54) is 55.5 Å². The van der Waals surface area contributed by atoms with Gasteiger partial charge < -0.3 is 10.2 Å². The molecule has 0 radical (unpaired) electrons. The predicted molar refractivity (Wildman–Crippen MR) is 187 cm³/mol. The number of benzene rings is 4. The molecule has 0 spiro atoms. The van der Waals surface area contributed by atoms with Crippen LogP contribution in [-0.2, 0) is 15.6 Å². The van der Waals surface area contributed by atoms with Crippen molar-refractivity contribution < 1.29 is 9.37 Å². The normalized spacial score (nSPS) is 17.7. The number of amides is 1. The molecule has 2 aliphatic rings. The van der Waals surface area contributed by atoms with E-state index in [1.807, 2.05) is 6.92 Å². The first-order chi connectivity index (χ1) is 21.2. The van der Waals surface area contributed by atoms with Gasteiger partial charge in [0.15, 0.2) is 5.71 Å². The van der Waals surface area contributed by atoms with Crippen molar-refractivity contribution >= 4 is 44.5 Å². The molecule has 4 aromatic rings. The smallest absolute Gasteiger partial charge is 0.219 e. The van der Waals surface area contributed by atoms with Crippen molar-refractivity contribution in [3.8, 4) is 0 Å². The molecule has 6 rings (SSSR count). The molecule has 1 amide bonds. The molecule has 226 valence electrons.